The summed E-state index contributed by atoms with van der Waals surface area (Å²) in [4.78, 5) is 23.9. The Morgan fingerprint density at radius 1 is 1.08 bits per heavy atom. The summed E-state index contributed by atoms with van der Waals surface area (Å²) in [6.07, 6.45) is 0. The van der Waals surface area contributed by atoms with E-state index in [1.807, 2.05) is 13.8 Å². The van der Waals surface area contributed by atoms with Crippen LogP contribution in [0.5, 0.6) is 11.5 Å². The number of hydrogen-bond acceptors (Lipinski definition) is 5. The highest BCUT2D eigenvalue weighted by Gasteiger charge is 2.12. The molecule has 0 bridgehead atoms. The lowest BCUT2D eigenvalue weighted by molar-refractivity contribution is -0.136. The minimum atomic E-state index is -0.635. The van der Waals surface area contributed by atoms with E-state index >= 15 is 0 Å². The molecule has 0 saturated carbocycles. The smallest absolute Gasteiger partial charge is 0.349 e. The summed E-state index contributed by atoms with van der Waals surface area (Å²) in [5.74, 6) is -0.333. The van der Waals surface area contributed by atoms with E-state index in [9.17, 15) is 9.59 Å². The van der Waals surface area contributed by atoms with E-state index in [0.717, 1.165) is 0 Å². The van der Waals surface area contributed by atoms with Crippen LogP contribution < -0.4 is 9.47 Å². The molecule has 26 heavy (non-hydrogen) atoms. The Bertz CT molecular complexity index is 789. The molecule has 0 radical (unpaired) electrons. The van der Waals surface area contributed by atoms with Gasteiger partial charge in [0.1, 0.15) is 11.5 Å². The van der Waals surface area contributed by atoms with Crippen molar-refractivity contribution >= 4 is 35.1 Å². The minimum absolute atomic E-state index is 0.222. The molecule has 0 amide bonds. The zero-order valence-electron chi connectivity index (χ0n) is 14.3. The standard InChI is InChI=1S/C19H18Cl2O5/c1-12(2)10-25-19(23)13-4-3-5-15(8-13)26-18(22)11-24-17-7-6-14(20)9-16(17)21/h3-9,12H,10-11H2,1-2H3. The van der Waals surface area contributed by atoms with Crippen LogP contribution in [0, 0.1) is 5.92 Å². The van der Waals surface area contributed by atoms with Crippen molar-refractivity contribution in [2.75, 3.05) is 13.2 Å². The SMILES string of the molecule is CC(C)COC(=O)c1cccc(OC(=O)COc2ccc(Cl)cc2Cl)c1. The van der Waals surface area contributed by atoms with Crippen LogP contribution in [0.25, 0.3) is 0 Å². The summed E-state index contributed by atoms with van der Waals surface area (Å²) in [5, 5.41) is 0.756. The highest BCUT2D eigenvalue weighted by Crippen LogP contribution is 2.27. The lowest BCUT2D eigenvalue weighted by Crippen LogP contribution is -2.18. The van der Waals surface area contributed by atoms with E-state index < -0.39 is 11.9 Å². The second-order valence-electron chi connectivity index (χ2n) is 5.86. The number of benzene rings is 2. The number of rotatable bonds is 7. The molecule has 0 heterocycles. The first-order valence-electron chi connectivity index (χ1n) is 7.91. The van der Waals surface area contributed by atoms with E-state index in [0.29, 0.717) is 28.0 Å². The van der Waals surface area contributed by atoms with Crippen molar-refractivity contribution in [2.45, 2.75) is 13.8 Å². The van der Waals surface area contributed by atoms with Crippen molar-refractivity contribution < 1.29 is 23.8 Å². The maximum absolute atomic E-state index is 11.9. The Morgan fingerprint density at radius 2 is 1.85 bits per heavy atom. The second-order valence-corrected chi connectivity index (χ2v) is 6.70. The lowest BCUT2D eigenvalue weighted by atomic mass is 10.2. The summed E-state index contributed by atoms with van der Waals surface area (Å²) in [5.41, 5.74) is 0.303. The van der Waals surface area contributed by atoms with Gasteiger partial charge in [-0.2, -0.15) is 0 Å². The molecular weight excluding hydrogens is 379 g/mol. The van der Waals surface area contributed by atoms with Gasteiger partial charge in [-0.05, 0) is 42.3 Å². The van der Waals surface area contributed by atoms with Gasteiger partial charge in [0, 0.05) is 5.02 Å². The Hall–Kier alpha value is -2.24. The number of halogens is 2. The van der Waals surface area contributed by atoms with Gasteiger partial charge in [0.15, 0.2) is 6.61 Å². The average Bonchev–Trinajstić information content (AvgIpc) is 2.59. The molecule has 0 unspecified atom stereocenters. The quantitative estimate of drug-likeness (QED) is 0.497. The van der Waals surface area contributed by atoms with Gasteiger partial charge in [-0.3, -0.25) is 0 Å². The van der Waals surface area contributed by atoms with Gasteiger partial charge in [0.25, 0.3) is 0 Å². The van der Waals surface area contributed by atoms with E-state index in [-0.39, 0.29) is 18.3 Å². The average molecular weight is 397 g/mol. The predicted molar refractivity (Wildman–Crippen MR) is 99.2 cm³/mol. The highest BCUT2D eigenvalue weighted by atomic mass is 35.5. The fourth-order valence-electron chi connectivity index (χ4n) is 1.90. The van der Waals surface area contributed by atoms with Crippen LogP contribution in [-0.4, -0.2) is 25.2 Å². The van der Waals surface area contributed by atoms with Crippen LogP contribution in [0.1, 0.15) is 24.2 Å². The zero-order valence-corrected chi connectivity index (χ0v) is 15.8. The molecule has 0 N–H and O–H groups in total. The summed E-state index contributed by atoms with van der Waals surface area (Å²) in [6.45, 7) is 3.86. The summed E-state index contributed by atoms with van der Waals surface area (Å²) >= 11 is 11.8. The normalized spacial score (nSPS) is 10.5. The maximum Gasteiger partial charge on any atom is 0.349 e. The molecule has 5 nitrogen and oxygen atoms in total. The zero-order chi connectivity index (χ0) is 19.1. The molecule has 2 rings (SSSR count). The first kappa shape index (κ1) is 20.1. The number of carbonyl (C=O) groups excluding carboxylic acids is 2. The maximum atomic E-state index is 11.9. The number of ether oxygens (including phenoxy) is 3. The van der Waals surface area contributed by atoms with Gasteiger partial charge in [-0.25, -0.2) is 9.59 Å². The van der Waals surface area contributed by atoms with Crippen LogP contribution in [0.15, 0.2) is 42.5 Å². The second kappa shape index (κ2) is 9.46. The molecule has 0 saturated heterocycles. The van der Waals surface area contributed by atoms with Gasteiger partial charge < -0.3 is 14.2 Å². The lowest BCUT2D eigenvalue weighted by Gasteiger charge is -2.10. The number of hydrogen-bond donors (Lipinski definition) is 0. The molecule has 0 atom stereocenters. The van der Waals surface area contributed by atoms with Crippen LogP contribution in [0.3, 0.4) is 0 Å². The fourth-order valence-corrected chi connectivity index (χ4v) is 2.37. The van der Waals surface area contributed by atoms with Crippen molar-refractivity contribution in [3.05, 3.63) is 58.1 Å². The summed E-state index contributed by atoms with van der Waals surface area (Å²) < 4.78 is 15.6. The Balaban J connectivity index is 1.92. The van der Waals surface area contributed by atoms with Crippen LogP contribution in [0.4, 0.5) is 0 Å². The van der Waals surface area contributed by atoms with Crippen molar-refractivity contribution in [1.82, 2.24) is 0 Å². The van der Waals surface area contributed by atoms with Gasteiger partial charge in [-0.15, -0.1) is 0 Å². The molecule has 0 aliphatic carbocycles. The monoisotopic (exact) mass is 396 g/mol. The van der Waals surface area contributed by atoms with E-state index in [1.54, 1.807) is 30.3 Å². The molecule has 7 heteroatoms. The first-order valence-corrected chi connectivity index (χ1v) is 8.66. The molecular formula is C19H18Cl2O5. The molecule has 2 aromatic carbocycles. The third-order valence-electron chi connectivity index (χ3n) is 3.09. The molecule has 2 aromatic rings. The van der Waals surface area contributed by atoms with Gasteiger partial charge in [-0.1, -0.05) is 43.1 Å². The van der Waals surface area contributed by atoms with E-state index in [2.05, 4.69) is 0 Å². The number of esters is 2. The molecule has 0 spiro atoms. The molecule has 0 aliphatic rings. The van der Waals surface area contributed by atoms with Crippen molar-refractivity contribution in [2.24, 2.45) is 5.92 Å². The molecule has 0 aliphatic heterocycles. The summed E-state index contributed by atoms with van der Waals surface area (Å²) in [7, 11) is 0. The molecule has 0 aromatic heterocycles. The first-order chi connectivity index (χ1) is 12.3. The molecule has 138 valence electrons. The van der Waals surface area contributed by atoms with Crippen LogP contribution in [0.2, 0.25) is 10.0 Å². The van der Waals surface area contributed by atoms with E-state index in [4.69, 9.17) is 37.4 Å². The van der Waals surface area contributed by atoms with Crippen molar-refractivity contribution in [3.63, 3.8) is 0 Å². The van der Waals surface area contributed by atoms with Crippen molar-refractivity contribution in [1.29, 1.82) is 0 Å². The largest absolute Gasteiger partial charge is 0.480 e. The van der Waals surface area contributed by atoms with E-state index in [1.165, 1.54) is 12.1 Å². The van der Waals surface area contributed by atoms with Crippen LogP contribution >= 0.6 is 23.2 Å². The van der Waals surface area contributed by atoms with Crippen molar-refractivity contribution in [3.8, 4) is 11.5 Å². The molecule has 0 fully saturated rings. The Morgan fingerprint density at radius 3 is 2.54 bits per heavy atom. The topological polar surface area (TPSA) is 61.8 Å². The summed E-state index contributed by atoms with van der Waals surface area (Å²) in [6, 6.07) is 10.9. The third kappa shape index (κ3) is 6.24. The van der Waals surface area contributed by atoms with Gasteiger partial charge in [0.2, 0.25) is 0 Å². The Kier molecular flexibility index (Phi) is 7.30. The van der Waals surface area contributed by atoms with Gasteiger partial charge in [0.05, 0.1) is 17.2 Å². The minimum Gasteiger partial charge on any atom is -0.480 e. The highest BCUT2D eigenvalue weighted by molar-refractivity contribution is 6.35. The fraction of sp³-hybridized carbons (Fsp3) is 0.263. The Labute approximate surface area is 161 Å². The van der Waals surface area contributed by atoms with Crippen LogP contribution in [-0.2, 0) is 9.53 Å². The predicted octanol–water partition coefficient (Wildman–Crippen LogP) is 4.79. The van der Waals surface area contributed by atoms with Gasteiger partial charge >= 0.3 is 11.9 Å². The third-order valence-corrected chi connectivity index (χ3v) is 3.62. The number of carbonyl (C=O) groups is 2.